The Morgan fingerprint density at radius 1 is 1.21 bits per heavy atom. The number of pyridine rings is 1. The van der Waals surface area contributed by atoms with Gasteiger partial charge >= 0.3 is 5.97 Å². The molecule has 1 atom stereocenters. The van der Waals surface area contributed by atoms with Crippen molar-refractivity contribution in [2.45, 2.75) is 32.3 Å². The van der Waals surface area contributed by atoms with Crippen LogP contribution in [0.3, 0.4) is 0 Å². The largest absolute Gasteiger partial charge is 0.449 e. The van der Waals surface area contributed by atoms with Gasteiger partial charge in [0.05, 0.1) is 16.8 Å². The number of esters is 1. The molecule has 1 unspecified atom stereocenters. The summed E-state index contributed by atoms with van der Waals surface area (Å²) in [4.78, 5) is 30.4. The van der Waals surface area contributed by atoms with Crippen LogP contribution in [0.5, 0.6) is 0 Å². The first-order valence-corrected chi connectivity index (χ1v) is 10.1. The van der Waals surface area contributed by atoms with Crippen LogP contribution < -0.4 is 5.73 Å². The Hall–Kier alpha value is -2.99. The molecule has 0 aliphatic heterocycles. The summed E-state index contributed by atoms with van der Waals surface area (Å²) in [6, 6.07) is 11.6. The number of primary amides is 1. The van der Waals surface area contributed by atoms with Crippen molar-refractivity contribution in [3.63, 3.8) is 0 Å². The van der Waals surface area contributed by atoms with Gasteiger partial charge in [-0.1, -0.05) is 24.3 Å². The van der Waals surface area contributed by atoms with Crippen LogP contribution >= 0.6 is 11.3 Å². The highest BCUT2D eigenvalue weighted by Crippen LogP contribution is 2.36. The van der Waals surface area contributed by atoms with Crippen LogP contribution in [0.15, 0.2) is 41.8 Å². The molecule has 0 radical (unpaired) electrons. The number of amides is 1. The molecule has 0 spiro atoms. The van der Waals surface area contributed by atoms with Crippen LogP contribution in [0.1, 0.15) is 46.3 Å². The van der Waals surface area contributed by atoms with E-state index in [2.05, 4.69) is 12.1 Å². The Balaban J connectivity index is 1.89. The lowest BCUT2D eigenvalue weighted by atomic mass is 9.86. The highest BCUT2D eigenvalue weighted by molar-refractivity contribution is 7.10. The van der Waals surface area contributed by atoms with Gasteiger partial charge in [0.2, 0.25) is 0 Å². The third-order valence-corrected chi connectivity index (χ3v) is 5.74. The summed E-state index contributed by atoms with van der Waals surface area (Å²) >= 11 is 1.67. The summed E-state index contributed by atoms with van der Waals surface area (Å²) in [7, 11) is 0. The quantitative estimate of drug-likeness (QED) is 0.675. The SMILES string of the molecule is CC(OC(=O)c1c2c(nc3ccccc13)/C(=C/c1cccs1)CCC2)C(N)=O. The van der Waals surface area contributed by atoms with Crippen molar-refractivity contribution in [1.82, 2.24) is 4.98 Å². The Morgan fingerprint density at radius 3 is 2.79 bits per heavy atom. The summed E-state index contributed by atoms with van der Waals surface area (Å²) in [5.74, 6) is -1.20. The molecule has 1 aliphatic rings. The van der Waals surface area contributed by atoms with Crippen molar-refractivity contribution in [2.24, 2.45) is 5.73 Å². The minimum absolute atomic E-state index is 0.491. The molecular weight excluding hydrogens is 372 g/mol. The van der Waals surface area contributed by atoms with Gasteiger partial charge in [-0.25, -0.2) is 9.78 Å². The van der Waals surface area contributed by atoms with E-state index < -0.39 is 18.0 Å². The topological polar surface area (TPSA) is 82.3 Å². The summed E-state index contributed by atoms with van der Waals surface area (Å²) in [6.45, 7) is 1.48. The van der Waals surface area contributed by atoms with E-state index in [9.17, 15) is 9.59 Å². The van der Waals surface area contributed by atoms with Crippen LogP contribution in [0.25, 0.3) is 22.6 Å². The van der Waals surface area contributed by atoms with Gasteiger partial charge in [-0.15, -0.1) is 11.3 Å². The first-order valence-electron chi connectivity index (χ1n) is 9.21. The smallest absolute Gasteiger partial charge is 0.339 e. The predicted octanol–water partition coefficient (Wildman–Crippen LogP) is 4.20. The minimum atomic E-state index is -0.986. The molecule has 0 saturated carbocycles. The number of allylic oxidation sites excluding steroid dienone is 1. The van der Waals surface area contributed by atoms with Gasteiger partial charge in [0.25, 0.3) is 5.91 Å². The predicted molar refractivity (Wildman–Crippen MR) is 111 cm³/mol. The first kappa shape index (κ1) is 18.4. The normalized spacial score (nSPS) is 16.0. The molecule has 2 heterocycles. The van der Waals surface area contributed by atoms with Gasteiger partial charge in [0.15, 0.2) is 6.10 Å². The van der Waals surface area contributed by atoms with Gasteiger partial charge < -0.3 is 10.5 Å². The fourth-order valence-corrected chi connectivity index (χ4v) is 4.21. The summed E-state index contributed by atoms with van der Waals surface area (Å²) < 4.78 is 5.35. The van der Waals surface area contributed by atoms with E-state index in [4.69, 9.17) is 15.5 Å². The molecule has 1 amide bonds. The van der Waals surface area contributed by atoms with Crippen molar-refractivity contribution >= 4 is 45.8 Å². The summed E-state index contributed by atoms with van der Waals surface area (Å²) in [6.07, 6.45) is 3.73. The van der Waals surface area contributed by atoms with E-state index in [0.29, 0.717) is 5.56 Å². The third-order valence-electron chi connectivity index (χ3n) is 4.92. The molecular formula is C22H20N2O3S. The van der Waals surface area contributed by atoms with Crippen molar-refractivity contribution in [3.05, 3.63) is 63.5 Å². The summed E-state index contributed by atoms with van der Waals surface area (Å²) in [5, 5.41) is 2.78. The fourth-order valence-electron chi connectivity index (χ4n) is 3.53. The van der Waals surface area contributed by atoms with Crippen molar-refractivity contribution in [3.8, 4) is 0 Å². The van der Waals surface area contributed by atoms with Crippen LogP contribution in [-0.4, -0.2) is 23.0 Å². The molecule has 3 aromatic rings. The highest BCUT2D eigenvalue weighted by atomic mass is 32.1. The maximum atomic E-state index is 13.0. The number of hydrogen-bond donors (Lipinski definition) is 1. The molecule has 1 aromatic carbocycles. The maximum Gasteiger partial charge on any atom is 0.339 e. The number of rotatable bonds is 4. The van der Waals surface area contributed by atoms with E-state index in [1.54, 1.807) is 11.3 Å². The second kappa shape index (κ2) is 7.56. The molecule has 4 rings (SSSR count). The molecule has 0 bridgehead atoms. The van der Waals surface area contributed by atoms with E-state index in [0.717, 1.165) is 51.9 Å². The third kappa shape index (κ3) is 3.43. The number of thiophene rings is 1. The van der Waals surface area contributed by atoms with E-state index >= 15 is 0 Å². The zero-order valence-electron chi connectivity index (χ0n) is 15.5. The zero-order valence-corrected chi connectivity index (χ0v) is 16.3. The lowest BCUT2D eigenvalue weighted by Gasteiger charge is -2.23. The number of nitrogens with two attached hydrogens (primary N) is 1. The number of fused-ring (bicyclic) bond motifs is 2. The molecule has 0 fully saturated rings. The van der Waals surface area contributed by atoms with Gasteiger partial charge in [-0.05, 0) is 60.9 Å². The van der Waals surface area contributed by atoms with E-state index in [1.807, 2.05) is 35.7 Å². The highest BCUT2D eigenvalue weighted by Gasteiger charge is 2.27. The van der Waals surface area contributed by atoms with E-state index in [-0.39, 0.29) is 0 Å². The molecule has 28 heavy (non-hydrogen) atoms. The molecule has 142 valence electrons. The average molecular weight is 392 g/mol. The van der Waals surface area contributed by atoms with Gasteiger partial charge in [-0.2, -0.15) is 0 Å². The van der Waals surface area contributed by atoms with E-state index in [1.165, 1.54) is 6.92 Å². The first-order chi connectivity index (χ1) is 13.5. The average Bonchev–Trinajstić information content (AvgIpc) is 3.19. The molecule has 0 saturated heterocycles. The Morgan fingerprint density at radius 2 is 2.04 bits per heavy atom. The minimum Gasteiger partial charge on any atom is -0.449 e. The molecule has 2 N–H and O–H groups in total. The fraction of sp³-hybridized carbons (Fsp3) is 0.227. The molecule has 5 nitrogen and oxygen atoms in total. The molecule has 2 aromatic heterocycles. The van der Waals surface area contributed by atoms with Crippen molar-refractivity contribution in [2.75, 3.05) is 0 Å². The van der Waals surface area contributed by atoms with Crippen molar-refractivity contribution in [1.29, 1.82) is 0 Å². The maximum absolute atomic E-state index is 13.0. The molecule has 1 aliphatic carbocycles. The van der Waals surface area contributed by atoms with Gasteiger partial charge in [-0.3, -0.25) is 4.79 Å². The standard InChI is InChI=1S/C22H20N2O3S/c1-13(21(23)25)27-22(26)19-16-8-2-3-10-18(16)24-20-14(6-4-9-17(19)20)12-15-7-5-11-28-15/h2-3,5,7-8,10-13H,4,6,9H2,1H3,(H2,23,25)/b14-12+. The van der Waals surface area contributed by atoms with Crippen LogP contribution in [0.4, 0.5) is 0 Å². The number of aromatic nitrogens is 1. The number of carbonyl (C=O) groups is 2. The number of hydrogen-bond acceptors (Lipinski definition) is 5. The Bertz CT molecular complexity index is 1090. The Kier molecular flexibility index (Phi) is 4.96. The second-order valence-corrected chi connectivity index (χ2v) is 7.80. The lowest BCUT2D eigenvalue weighted by molar-refractivity contribution is -0.125. The Labute approximate surface area is 166 Å². The lowest BCUT2D eigenvalue weighted by Crippen LogP contribution is -2.31. The molecule has 6 heteroatoms. The monoisotopic (exact) mass is 392 g/mol. The number of carbonyl (C=O) groups excluding carboxylic acids is 2. The number of benzene rings is 1. The van der Waals surface area contributed by atoms with Crippen LogP contribution in [0, 0.1) is 0 Å². The van der Waals surface area contributed by atoms with Gasteiger partial charge in [0.1, 0.15) is 0 Å². The van der Waals surface area contributed by atoms with Crippen LogP contribution in [0.2, 0.25) is 0 Å². The summed E-state index contributed by atoms with van der Waals surface area (Å²) in [5.41, 5.74) is 9.35. The van der Waals surface area contributed by atoms with Crippen molar-refractivity contribution < 1.29 is 14.3 Å². The number of para-hydroxylation sites is 1. The van der Waals surface area contributed by atoms with Crippen LogP contribution in [-0.2, 0) is 16.0 Å². The zero-order chi connectivity index (χ0) is 19.7. The number of ether oxygens (including phenoxy) is 1. The van der Waals surface area contributed by atoms with Gasteiger partial charge in [0, 0.05) is 10.3 Å². The second-order valence-electron chi connectivity index (χ2n) is 6.82. The number of nitrogens with zero attached hydrogens (tertiary/aromatic N) is 1.